The molecule has 116 valence electrons. The third kappa shape index (κ3) is 4.13. The molecule has 0 amide bonds. The highest BCUT2D eigenvalue weighted by atomic mass is 16.5. The number of hydrogen-bond acceptors (Lipinski definition) is 4. The highest BCUT2D eigenvalue weighted by Crippen LogP contribution is 2.28. The van der Waals surface area contributed by atoms with Crippen molar-refractivity contribution in [3.8, 4) is 5.75 Å². The first kappa shape index (κ1) is 15.7. The van der Waals surface area contributed by atoms with E-state index in [1.165, 1.54) is 26.4 Å². The molecule has 1 aromatic carbocycles. The molecule has 1 aliphatic rings. The summed E-state index contributed by atoms with van der Waals surface area (Å²) in [7, 11) is 1.41. The normalized spacial score (nSPS) is 14.9. The summed E-state index contributed by atoms with van der Waals surface area (Å²) >= 11 is 0. The van der Waals surface area contributed by atoms with Crippen molar-refractivity contribution in [2.24, 2.45) is 0 Å². The molecule has 1 fully saturated rings. The van der Waals surface area contributed by atoms with E-state index >= 15 is 0 Å². The number of benzene rings is 1. The van der Waals surface area contributed by atoms with Gasteiger partial charge in [0.15, 0.2) is 0 Å². The highest BCUT2D eigenvalue weighted by Gasteiger charge is 2.17. The molecule has 0 spiro atoms. The molecule has 1 heterocycles. The molecule has 4 nitrogen and oxygen atoms in total. The fraction of sp³-hybridized carbons (Fsp3) is 0.588. The number of ether oxygens (including phenoxy) is 2. The maximum Gasteiger partial charge on any atom is 0.341 e. The van der Waals surface area contributed by atoms with Gasteiger partial charge in [0.1, 0.15) is 11.3 Å². The monoisotopic (exact) mass is 291 g/mol. The van der Waals surface area contributed by atoms with Gasteiger partial charge in [-0.05, 0) is 43.9 Å². The Bertz CT molecular complexity index is 467. The van der Waals surface area contributed by atoms with Gasteiger partial charge >= 0.3 is 5.97 Å². The van der Waals surface area contributed by atoms with Crippen molar-refractivity contribution in [2.75, 3.05) is 31.7 Å². The standard InChI is InChI=1S/C17H25NO3/c1-3-4-12-21-16-9-8-14(13-15(16)17(19)20-2)18-10-6-5-7-11-18/h8-9,13H,3-7,10-12H2,1-2H3. The van der Waals surface area contributed by atoms with E-state index in [9.17, 15) is 4.79 Å². The van der Waals surface area contributed by atoms with Gasteiger partial charge in [-0.25, -0.2) is 4.79 Å². The van der Waals surface area contributed by atoms with Crippen LogP contribution in [0.15, 0.2) is 18.2 Å². The fourth-order valence-corrected chi connectivity index (χ4v) is 2.59. The number of nitrogens with zero attached hydrogens (tertiary/aromatic N) is 1. The van der Waals surface area contributed by atoms with Crippen LogP contribution in [0, 0.1) is 0 Å². The van der Waals surface area contributed by atoms with E-state index in [1.54, 1.807) is 0 Å². The van der Waals surface area contributed by atoms with Gasteiger partial charge in [-0.1, -0.05) is 13.3 Å². The molecule has 21 heavy (non-hydrogen) atoms. The average molecular weight is 291 g/mol. The van der Waals surface area contributed by atoms with Gasteiger partial charge in [-0.3, -0.25) is 0 Å². The maximum atomic E-state index is 12.0. The van der Waals surface area contributed by atoms with Gasteiger partial charge in [-0.15, -0.1) is 0 Å². The minimum atomic E-state index is -0.333. The number of piperidine rings is 1. The molecular weight excluding hydrogens is 266 g/mol. The third-order valence-corrected chi connectivity index (χ3v) is 3.85. The van der Waals surface area contributed by atoms with Gasteiger partial charge in [0, 0.05) is 18.8 Å². The number of anilines is 1. The second kappa shape index (κ2) is 7.91. The Morgan fingerprint density at radius 1 is 1.24 bits per heavy atom. The van der Waals surface area contributed by atoms with Crippen LogP contribution in [0.4, 0.5) is 5.69 Å². The fourth-order valence-electron chi connectivity index (χ4n) is 2.59. The number of unbranched alkanes of at least 4 members (excludes halogenated alkanes) is 1. The van der Waals surface area contributed by atoms with E-state index in [2.05, 4.69) is 11.8 Å². The number of carbonyl (C=O) groups is 1. The second-order valence-corrected chi connectivity index (χ2v) is 5.42. The Morgan fingerprint density at radius 3 is 2.67 bits per heavy atom. The zero-order valence-electron chi connectivity index (χ0n) is 13.1. The minimum Gasteiger partial charge on any atom is -0.493 e. The van der Waals surface area contributed by atoms with Crippen molar-refractivity contribution < 1.29 is 14.3 Å². The first-order valence-corrected chi connectivity index (χ1v) is 7.86. The SMILES string of the molecule is CCCCOc1ccc(N2CCCCC2)cc1C(=O)OC. The molecular formula is C17H25NO3. The summed E-state index contributed by atoms with van der Waals surface area (Å²) in [5, 5.41) is 0. The molecule has 0 aromatic heterocycles. The maximum absolute atomic E-state index is 12.0. The molecule has 1 saturated heterocycles. The van der Waals surface area contributed by atoms with Crippen LogP contribution in [-0.2, 0) is 4.74 Å². The molecule has 2 rings (SSSR count). The number of esters is 1. The van der Waals surface area contributed by atoms with Crippen LogP contribution in [0.1, 0.15) is 49.4 Å². The van der Waals surface area contributed by atoms with Crippen molar-refractivity contribution in [3.63, 3.8) is 0 Å². The Morgan fingerprint density at radius 2 is 2.00 bits per heavy atom. The minimum absolute atomic E-state index is 0.333. The van der Waals surface area contributed by atoms with Crippen LogP contribution < -0.4 is 9.64 Å². The first-order chi connectivity index (χ1) is 10.3. The highest BCUT2D eigenvalue weighted by molar-refractivity contribution is 5.93. The third-order valence-electron chi connectivity index (χ3n) is 3.85. The lowest BCUT2D eigenvalue weighted by molar-refractivity contribution is 0.0596. The van der Waals surface area contributed by atoms with E-state index in [-0.39, 0.29) is 5.97 Å². The Labute approximate surface area is 127 Å². The van der Waals surface area contributed by atoms with Crippen LogP contribution in [0.3, 0.4) is 0 Å². The first-order valence-electron chi connectivity index (χ1n) is 7.86. The van der Waals surface area contributed by atoms with Crippen LogP contribution in [0.25, 0.3) is 0 Å². The van der Waals surface area contributed by atoms with Gasteiger partial charge in [0.25, 0.3) is 0 Å². The second-order valence-electron chi connectivity index (χ2n) is 5.42. The molecule has 1 aromatic rings. The summed E-state index contributed by atoms with van der Waals surface area (Å²) in [6.07, 6.45) is 5.76. The van der Waals surface area contributed by atoms with Crippen molar-refractivity contribution >= 4 is 11.7 Å². The van der Waals surface area contributed by atoms with E-state index < -0.39 is 0 Å². The molecule has 0 saturated carbocycles. The number of rotatable bonds is 6. The average Bonchev–Trinajstić information content (AvgIpc) is 2.55. The van der Waals surface area contributed by atoms with E-state index in [0.29, 0.717) is 17.9 Å². The van der Waals surface area contributed by atoms with Crippen LogP contribution in [0.5, 0.6) is 5.75 Å². The molecule has 1 aliphatic heterocycles. The number of carbonyl (C=O) groups excluding carboxylic acids is 1. The van der Waals surface area contributed by atoms with Crippen LogP contribution >= 0.6 is 0 Å². The van der Waals surface area contributed by atoms with E-state index in [1.807, 2.05) is 18.2 Å². The van der Waals surface area contributed by atoms with E-state index in [0.717, 1.165) is 31.6 Å². The lowest BCUT2D eigenvalue weighted by Gasteiger charge is -2.29. The van der Waals surface area contributed by atoms with E-state index in [4.69, 9.17) is 9.47 Å². The largest absolute Gasteiger partial charge is 0.493 e. The molecule has 0 bridgehead atoms. The zero-order valence-corrected chi connectivity index (χ0v) is 13.1. The molecule has 0 radical (unpaired) electrons. The predicted molar refractivity (Wildman–Crippen MR) is 84.2 cm³/mol. The Balaban J connectivity index is 2.19. The summed E-state index contributed by atoms with van der Waals surface area (Å²) in [6.45, 7) is 4.85. The van der Waals surface area contributed by atoms with Crippen molar-refractivity contribution in [1.82, 2.24) is 0 Å². The summed E-state index contributed by atoms with van der Waals surface area (Å²) in [5.74, 6) is 0.288. The summed E-state index contributed by atoms with van der Waals surface area (Å²) in [5.41, 5.74) is 1.61. The van der Waals surface area contributed by atoms with Gasteiger partial charge in [0.05, 0.1) is 13.7 Å². The van der Waals surface area contributed by atoms with Crippen molar-refractivity contribution in [1.29, 1.82) is 0 Å². The van der Waals surface area contributed by atoms with Crippen molar-refractivity contribution in [3.05, 3.63) is 23.8 Å². The summed E-state index contributed by atoms with van der Waals surface area (Å²) < 4.78 is 10.6. The number of methoxy groups -OCH3 is 1. The van der Waals surface area contributed by atoms with Gasteiger partial charge in [0.2, 0.25) is 0 Å². The summed E-state index contributed by atoms with van der Waals surface area (Å²) in [6, 6.07) is 5.84. The molecule has 0 atom stereocenters. The van der Waals surface area contributed by atoms with Crippen LogP contribution in [-0.4, -0.2) is 32.8 Å². The smallest absolute Gasteiger partial charge is 0.341 e. The topological polar surface area (TPSA) is 38.8 Å². The quantitative estimate of drug-likeness (QED) is 0.592. The summed E-state index contributed by atoms with van der Waals surface area (Å²) in [4.78, 5) is 14.3. The Kier molecular flexibility index (Phi) is 5.90. The van der Waals surface area contributed by atoms with Gasteiger partial charge < -0.3 is 14.4 Å². The molecule has 0 unspecified atom stereocenters. The molecule has 0 aliphatic carbocycles. The van der Waals surface area contributed by atoms with Crippen molar-refractivity contribution in [2.45, 2.75) is 39.0 Å². The Hall–Kier alpha value is -1.71. The van der Waals surface area contributed by atoms with Crippen LogP contribution in [0.2, 0.25) is 0 Å². The molecule has 0 N–H and O–H groups in total. The lowest BCUT2D eigenvalue weighted by Crippen LogP contribution is -2.29. The lowest BCUT2D eigenvalue weighted by atomic mass is 10.1. The number of hydrogen-bond donors (Lipinski definition) is 0. The predicted octanol–water partition coefficient (Wildman–Crippen LogP) is 3.64. The zero-order chi connectivity index (χ0) is 15.1. The molecule has 4 heteroatoms. The van der Waals surface area contributed by atoms with Gasteiger partial charge in [-0.2, -0.15) is 0 Å².